The van der Waals surface area contributed by atoms with Gasteiger partial charge in [-0.15, -0.1) is 0 Å². The van der Waals surface area contributed by atoms with Gasteiger partial charge in [-0.1, -0.05) is 30.3 Å². The maximum atomic E-state index is 14.0. The van der Waals surface area contributed by atoms with Gasteiger partial charge in [0.1, 0.15) is 29.4 Å². The summed E-state index contributed by atoms with van der Waals surface area (Å²) in [5.74, 6) is -3.68. The van der Waals surface area contributed by atoms with E-state index in [9.17, 15) is 28.0 Å². The van der Waals surface area contributed by atoms with E-state index in [1.165, 1.54) is 4.90 Å². The van der Waals surface area contributed by atoms with Gasteiger partial charge in [0.2, 0.25) is 11.8 Å². The fourth-order valence-corrected chi connectivity index (χ4v) is 4.57. The molecule has 0 bridgehead atoms. The fourth-order valence-electron chi connectivity index (χ4n) is 4.57. The van der Waals surface area contributed by atoms with Crippen molar-refractivity contribution in [3.8, 4) is 0 Å². The zero-order chi connectivity index (χ0) is 28.1. The molecule has 5 amide bonds. The average Bonchev–Trinajstić information content (AvgIpc) is 3.51. The predicted octanol–water partition coefficient (Wildman–Crippen LogP) is 1.92. The lowest BCUT2D eigenvalue weighted by Gasteiger charge is -2.29. The van der Waals surface area contributed by atoms with E-state index in [2.05, 4.69) is 16.0 Å². The summed E-state index contributed by atoms with van der Waals surface area (Å²) in [6.07, 6.45) is 2.01. The van der Waals surface area contributed by atoms with Crippen LogP contribution in [-0.4, -0.2) is 57.9 Å². The van der Waals surface area contributed by atoms with Crippen molar-refractivity contribution in [2.45, 2.75) is 31.0 Å². The van der Waals surface area contributed by atoms with Gasteiger partial charge in [0.15, 0.2) is 0 Å². The molecule has 39 heavy (non-hydrogen) atoms. The summed E-state index contributed by atoms with van der Waals surface area (Å²) in [4.78, 5) is 53.2. The number of anilines is 1. The Kier molecular flexibility index (Phi) is 8.23. The molecule has 2 aromatic carbocycles. The number of aromatic nitrogens is 1. The van der Waals surface area contributed by atoms with Crippen molar-refractivity contribution in [3.05, 3.63) is 89.8 Å². The number of urea groups is 1. The minimum atomic E-state index is -1.20. The van der Waals surface area contributed by atoms with Gasteiger partial charge < -0.3 is 31.2 Å². The number of nitrogens with zero attached hydrogens (tertiary/aromatic N) is 2. The van der Waals surface area contributed by atoms with E-state index < -0.39 is 53.5 Å². The summed E-state index contributed by atoms with van der Waals surface area (Å²) < 4.78 is 28.9. The van der Waals surface area contributed by atoms with Crippen LogP contribution in [0.3, 0.4) is 0 Å². The molecule has 0 saturated carbocycles. The Hall–Kier alpha value is -4.74. The van der Waals surface area contributed by atoms with E-state index >= 15 is 0 Å². The normalized spacial score (nSPS) is 17.4. The molecule has 2 heterocycles. The number of halogens is 2. The lowest BCUT2D eigenvalue weighted by atomic mass is 10.0. The zero-order valence-electron chi connectivity index (χ0n) is 21.1. The summed E-state index contributed by atoms with van der Waals surface area (Å²) >= 11 is 0. The van der Waals surface area contributed by atoms with Crippen LogP contribution in [0.15, 0.2) is 66.9 Å². The summed E-state index contributed by atoms with van der Waals surface area (Å²) in [6, 6.07) is 10.9. The van der Waals surface area contributed by atoms with Crippen LogP contribution in [0.4, 0.5) is 19.3 Å². The molecule has 0 radical (unpaired) electrons. The molecule has 4 rings (SSSR count). The highest BCUT2D eigenvalue weighted by Gasteiger charge is 2.44. The summed E-state index contributed by atoms with van der Waals surface area (Å²) in [6.45, 7) is 0.123. The molecular weight excluding hydrogens is 510 g/mol. The number of hydrogen-bond acceptors (Lipinski definition) is 4. The molecule has 1 aliphatic rings. The molecule has 1 aromatic heterocycles. The van der Waals surface area contributed by atoms with Crippen LogP contribution in [0.5, 0.6) is 0 Å². The monoisotopic (exact) mass is 538 g/mol. The molecule has 1 fully saturated rings. The molecule has 0 spiro atoms. The first kappa shape index (κ1) is 27.3. The minimum Gasteiger partial charge on any atom is -0.368 e. The van der Waals surface area contributed by atoms with Crippen molar-refractivity contribution in [1.82, 2.24) is 20.1 Å². The van der Waals surface area contributed by atoms with Crippen molar-refractivity contribution in [2.24, 2.45) is 12.8 Å². The predicted molar refractivity (Wildman–Crippen MR) is 138 cm³/mol. The molecular formula is C27H28F2N6O4. The number of rotatable bonds is 8. The Morgan fingerprint density at radius 3 is 2.44 bits per heavy atom. The van der Waals surface area contributed by atoms with Crippen LogP contribution in [-0.2, 0) is 23.1 Å². The summed E-state index contributed by atoms with van der Waals surface area (Å²) in [5.41, 5.74) is 6.39. The molecule has 3 unspecified atom stereocenters. The first-order chi connectivity index (χ1) is 18.6. The molecule has 1 aliphatic heterocycles. The standard InChI is InChI=1S/C27H28F2N6O4/c1-34-12-5-8-22(34)26(38)35-13-11-20(33-27(39)32-19-10-9-17(28)15-18(19)29)23(35)25(37)31-21(24(30)36)14-16-6-3-2-4-7-16/h2-10,12,15,20-21,23H,11,13-14H2,1H3,(H2,30,36)(H,31,37)(H2,32,33,39). The van der Waals surface area contributed by atoms with Crippen LogP contribution >= 0.6 is 0 Å². The number of primary amides is 1. The van der Waals surface area contributed by atoms with Gasteiger partial charge in [-0.3, -0.25) is 14.4 Å². The smallest absolute Gasteiger partial charge is 0.319 e. The van der Waals surface area contributed by atoms with Gasteiger partial charge in [0, 0.05) is 32.3 Å². The quantitative estimate of drug-likeness (QED) is 0.348. The van der Waals surface area contributed by atoms with Crippen molar-refractivity contribution >= 4 is 29.4 Å². The Bertz CT molecular complexity index is 1380. The topological polar surface area (TPSA) is 139 Å². The van der Waals surface area contributed by atoms with Crippen molar-refractivity contribution in [2.75, 3.05) is 11.9 Å². The van der Waals surface area contributed by atoms with E-state index in [4.69, 9.17) is 5.73 Å². The highest BCUT2D eigenvalue weighted by Crippen LogP contribution is 2.23. The Balaban J connectivity index is 1.55. The molecule has 1 saturated heterocycles. The first-order valence-electron chi connectivity index (χ1n) is 12.2. The second-order valence-electron chi connectivity index (χ2n) is 9.22. The van der Waals surface area contributed by atoms with Crippen LogP contribution in [0.1, 0.15) is 22.5 Å². The number of nitrogens with two attached hydrogens (primary N) is 1. The Morgan fingerprint density at radius 2 is 1.79 bits per heavy atom. The third kappa shape index (κ3) is 6.40. The Morgan fingerprint density at radius 1 is 1.05 bits per heavy atom. The molecule has 204 valence electrons. The lowest BCUT2D eigenvalue weighted by Crippen LogP contribution is -2.58. The van der Waals surface area contributed by atoms with Gasteiger partial charge in [-0.25, -0.2) is 13.6 Å². The maximum Gasteiger partial charge on any atom is 0.319 e. The lowest BCUT2D eigenvalue weighted by molar-refractivity contribution is -0.130. The van der Waals surface area contributed by atoms with E-state index in [-0.39, 0.29) is 25.1 Å². The van der Waals surface area contributed by atoms with Crippen LogP contribution in [0, 0.1) is 11.6 Å². The number of hydrogen-bond donors (Lipinski definition) is 4. The van der Waals surface area contributed by atoms with E-state index in [0.29, 0.717) is 11.8 Å². The highest BCUT2D eigenvalue weighted by molar-refractivity contribution is 5.99. The molecule has 5 N–H and O–H groups in total. The number of aryl methyl sites for hydroxylation is 1. The molecule has 10 nitrogen and oxygen atoms in total. The SMILES string of the molecule is Cn1cccc1C(=O)N1CCC(NC(=O)Nc2ccc(F)cc2F)C1C(=O)NC(Cc1ccccc1)C(N)=O. The minimum absolute atomic E-state index is 0.123. The summed E-state index contributed by atoms with van der Waals surface area (Å²) in [5, 5.41) is 7.53. The van der Waals surface area contributed by atoms with E-state index in [1.54, 1.807) is 54.2 Å². The number of nitrogens with one attached hydrogen (secondary N) is 3. The van der Waals surface area contributed by atoms with E-state index in [0.717, 1.165) is 17.7 Å². The number of carbonyl (C=O) groups excluding carboxylic acids is 4. The number of amides is 5. The van der Waals surface area contributed by atoms with Gasteiger partial charge in [0.05, 0.1) is 11.7 Å². The maximum absolute atomic E-state index is 14.0. The van der Waals surface area contributed by atoms with Gasteiger partial charge in [0.25, 0.3) is 5.91 Å². The largest absolute Gasteiger partial charge is 0.368 e. The molecule has 3 atom stereocenters. The van der Waals surface area contributed by atoms with Crippen molar-refractivity contribution < 1.29 is 28.0 Å². The van der Waals surface area contributed by atoms with Gasteiger partial charge >= 0.3 is 6.03 Å². The number of likely N-dealkylation sites (tertiary alicyclic amines) is 1. The van der Waals surface area contributed by atoms with Crippen LogP contribution in [0.2, 0.25) is 0 Å². The van der Waals surface area contributed by atoms with Gasteiger partial charge in [-0.2, -0.15) is 0 Å². The number of carbonyl (C=O) groups is 4. The fraction of sp³-hybridized carbons (Fsp3) is 0.259. The van der Waals surface area contributed by atoms with Gasteiger partial charge in [-0.05, 0) is 36.2 Å². The second kappa shape index (κ2) is 11.8. The third-order valence-corrected chi connectivity index (χ3v) is 6.53. The highest BCUT2D eigenvalue weighted by atomic mass is 19.1. The molecule has 0 aliphatic carbocycles. The zero-order valence-corrected chi connectivity index (χ0v) is 21.1. The number of benzene rings is 2. The third-order valence-electron chi connectivity index (χ3n) is 6.53. The molecule has 12 heteroatoms. The van der Waals surface area contributed by atoms with E-state index in [1.807, 2.05) is 6.07 Å². The first-order valence-corrected chi connectivity index (χ1v) is 12.2. The van der Waals surface area contributed by atoms with Crippen molar-refractivity contribution in [1.29, 1.82) is 0 Å². The Labute approximate surface area is 223 Å². The van der Waals surface area contributed by atoms with Crippen LogP contribution in [0.25, 0.3) is 0 Å². The van der Waals surface area contributed by atoms with Crippen LogP contribution < -0.4 is 21.7 Å². The second-order valence-corrected chi connectivity index (χ2v) is 9.22. The average molecular weight is 539 g/mol. The molecule has 3 aromatic rings. The summed E-state index contributed by atoms with van der Waals surface area (Å²) in [7, 11) is 1.68. The van der Waals surface area contributed by atoms with Crippen molar-refractivity contribution in [3.63, 3.8) is 0 Å².